The maximum absolute atomic E-state index is 12.7. The van der Waals surface area contributed by atoms with E-state index in [0.717, 1.165) is 30.5 Å². The van der Waals surface area contributed by atoms with Gasteiger partial charge in [-0.3, -0.25) is 9.59 Å². The summed E-state index contributed by atoms with van der Waals surface area (Å²) < 4.78 is 10.5. The van der Waals surface area contributed by atoms with Gasteiger partial charge >= 0.3 is 0 Å². The minimum Gasteiger partial charge on any atom is -0.493 e. The molecule has 8 heteroatoms. The number of primary amides is 1. The van der Waals surface area contributed by atoms with Crippen molar-refractivity contribution in [1.82, 2.24) is 5.32 Å². The van der Waals surface area contributed by atoms with Crippen molar-refractivity contribution < 1.29 is 19.1 Å². The quantitative estimate of drug-likeness (QED) is 0.638. The minimum absolute atomic E-state index is 0. The van der Waals surface area contributed by atoms with E-state index in [1.807, 2.05) is 18.2 Å². The molecule has 7 nitrogen and oxygen atoms in total. The van der Waals surface area contributed by atoms with Crippen LogP contribution in [0.4, 0.5) is 5.69 Å². The van der Waals surface area contributed by atoms with Crippen LogP contribution in [0.5, 0.6) is 11.5 Å². The van der Waals surface area contributed by atoms with Crippen molar-refractivity contribution in [2.24, 2.45) is 5.73 Å². The molecule has 28 heavy (non-hydrogen) atoms. The average molecular weight is 406 g/mol. The number of nitrogen functional groups attached to an aromatic ring is 1. The molecule has 1 aliphatic rings. The summed E-state index contributed by atoms with van der Waals surface area (Å²) in [6.45, 7) is -0.260. The van der Waals surface area contributed by atoms with Gasteiger partial charge in [-0.1, -0.05) is 6.07 Å². The lowest BCUT2D eigenvalue weighted by Crippen LogP contribution is -2.31. The van der Waals surface area contributed by atoms with E-state index in [9.17, 15) is 9.59 Å². The van der Waals surface area contributed by atoms with Crippen LogP contribution in [0.1, 0.15) is 40.4 Å². The van der Waals surface area contributed by atoms with Gasteiger partial charge < -0.3 is 26.3 Å². The summed E-state index contributed by atoms with van der Waals surface area (Å²) in [6.07, 6.45) is 2.83. The summed E-state index contributed by atoms with van der Waals surface area (Å²) in [6, 6.07) is 10.6. The third kappa shape index (κ3) is 4.86. The van der Waals surface area contributed by atoms with Gasteiger partial charge in [-0.2, -0.15) is 0 Å². The van der Waals surface area contributed by atoms with Crippen LogP contribution in [0.15, 0.2) is 36.4 Å². The normalized spacial score (nSPS) is 15.0. The molecule has 0 saturated carbocycles. The molecule has 0 radical (unpaired) electrons. The molecule has 0 aromatic heterocycles. The second-order valence-corrected chi connectivity index (χ2v) is 6.50. The number of hydrogen-bond acceptors (Lipinski definition) is 5. The summed E-state index contributed by atoms with van der Waals surface area (Å²) in [5, 5.41) is 3.08. The first-order chi connectivity index (χ1) is 13.0. The third-order valence-corrected chi connectivity index (χ3v) is 4.58. The van der Waals surface area contributed by atoms with Gasteiger partial charge in [-0.05, 0) is 60.7 Å². The first kappa shape index (κ1) is 21.4. The number of halogens is 1. The van der Waals surface area contributed by atoms with E-state index in [0.29, 0.717) is 17.1 Å². The van der Waals surface area contributed by atoms with Crippen LogP contribution in [0.25, 0.3) is 0 Å². The molecule has 0 aliphatic heterocycles. The zero-order valence-corrected chi connectivity index (χ0v) is 16.4. The van der Waals surface area contributed by atoms with Crippen LogP contribution >= 0.6 is 12.4 Å². The third-order valence-electron chi connectivity index (χ3n) is 4.58. The summed E-state index contributed by atoms with van der Waals surface area (Å²) in [7, 11) is 1.47. The van der Waals surface area contributed by atoms with Crippen molar-refractivity contribution in [2.45, 2.75) is 25.3 Å². The molecular weight excluding hydrogens is 382 g/mol. The predicted octanol–water partition coefficient (Wildman–Crippen LogP) is 2.37. The zero-order chi connectivity index (χ0) is 19.4. The van der Waals surface area contributed by atoms with E-state index in [2.05, 4.69) is 5.32 Å². The van der Waals surface area contributed by atoms with E-state index < -0.39 is 5.91 Å². The Bertz CT molecular complexity index is 873. The number of fused-ring (bicyclic) bond motifs is 1. The van der Waals surface area contributed by atoms with Gasteiger partial charge in [0.05, 0.1) is 13.2 Å². The lowest BCUT2D eigenvalue weighted by atomic mass is 9.87. The van der Waals surface area contributed by atoms with Crippen LogP contribution in [-0.2, 0) is 11.2 Å². The molecule has 0 bridgehead atoms. The first-order valence-electron chi connectivity index (χ1n) is 8.76. The van der Waals surface area contributed by atoms with Gasteiger partial charge in [-0.15, -0.1) is 12.4 Å². The Morgan fingerprint density at radius 2 is 1.96 bits per heavy atom. The molecule has 150 valence electrons. The largest absolute Gasteiger partial charge is 0.493 e. The summed E-state index contributed by atoms with van der Waals surface area (Å²) in [5.41, 5.74) is 14.4. The van der Waals surface area contributed by atoms with Gasteiger partial charge in [0.25, 0.3) is 11.8 Å². The molecule has 1 unspecified atom stereocenters. The van der Waals surface area contributed by atoms with Crippen molar-refractivity contribution in [2.75, 3.05) is 19.5 Å². The molecule has 0 fully saturated rings. The number of hydrogen-bond donors (Lipinski definition) is 3. The molecule has 3 rings (SSSR count). The number of aryl methyl sites for hydroxylation is 1. The average Bonchev–Trinajstić information content (AvgIpc) is 2.66. The number of benzene rings is 2. The Labute approximate surface area is 169 Å². The molecule has 2 aromatic carbocycles. The molecule has 2 amide bonds. The maximum atomic E-state index is 12.7. The monoisotopic (exact) mass is 405 g/mol. The second kappa shape index (κ2) is 9.32. The number of nitrogens with two attached hydrogens (primary N) is 2. The fraction of sp³-hybridized carbons (Fsp3) is 0.300. The van der Waals surface area contributed by atoms with Crippen molar-refractivity contribution in [3.8, 4) is 11.5 Å². The number of ether oxygens (including phenoxy) is 2. The van der Waals surface area contributed by atoms with Crippen LogP contribution in [0.2, 0.25) is 0 Å². The van der Waals surface area contributed by atoms with Crippen molar-refractivity contribution >= 4 is 29.9 Å². The summed E-state index contributed by atoms with van der Waals surface area (Å²) in [4.78, 5) is 23.6. The number of nitrogens with one attached hydrogen (secondary N) is 1. The molecule has 1 atom stereocenters. The van der Waals surface area contributed by atoms with Crippen molar-refractivity contribution in [3.63, 3.8) is 0 Å². The fourth-order valence-electron chi connectivity index (χ4n) is 3.30. The number of methoxy groups -OCH3 is 1. The number of carbonyl (C=O) groups is 2. The smallest absolute Gasteiger partial charge is 0.255 e. The molecule has 1 aliphatic carbocycles. The molecule has 2 aromatic rings. The van der Waals surface area contributed by atoms with Crippen LogP contribution in [-0.4, -0.2) is 25.5 Å². The predicted molar refractivity (Wildman–Crippen MR) is 109 cm³/mol. The summed E-state index contributed by atoms with van der Waals surface area (Å²) in [5.74, 6) is -0.0769. The highest BCUT2D eigenvalue weighted by molar-refractivity contribution is 5.95. The molecular formula is C20H24ClN3O4. The molecule has 0 heterocycles. The Kier molecular flexibility index (Phi) is 7.12. The standard InChI is InChI=1S/C20H23N3O4.ClH/c1-26-18-10-13(5-8-17(18)27-11-19(22)24)20(25)23-16-4-2-3-12-9-14(21)6-7-15(12)16;/h5-10,16H,2-4,11,21H2,1H3,(H2,22,24)(H,23,25);1H. The van der Waals surface area contributed by atoms with E-state index in [4.69, 9.17) is 20.9 Å². The summed E-state index contributed by atoms with van der Waals surface area (Å²) >= 11 is 0. The Morgan fingerprint density at radius 3 is 2.68 bits per heavy atom. The number of rotatable bonds is 6. The van der Waals surface area contributed by atoms with Gasteiger partial charge in [0.1, 0.15) is 0 Å². The lowest BCUT2D eigenvalue weighted by molar-refractivity contribution is -0.119. The topological polar surface area (TPSA) is 117 Å². The maximum Gasteiger partial charge on any atom is 0.255 e. The first-order valence-corrected chi connectivity index (χ1v) is 8.76. The Balaban J connectivity index is 0.00000280. The van der Waals surface area contributed by atoms with Crippen LogP contribution in [0, 0.1) is 0 Å². The van der Waals surface area contributed by atoms with E-state index >= 15 is 0 Å². The highest BCUT2D eigenvalue weighted by atomic mass is 35.5. The van der Waals surface area contributed by atoms with Crippen molar-refractivity contribution in [1.29, 1.82) is 0 Å². The highest BCUT2D eigenvalue weighted by Crippen LogP contribution is 2.32. The zero-order valence-electron chi connectivity index (χ0n) is 15.6. The van der Waals surface area contributed by atoms with E-state index in [-0.39, 0.29) is 31.0 Å². The SMILES string of the molecule is COc1cc(C(=O)NC2CCCc3cc(N)ccc32)ccc1OCC(N)=O.Cl. The number of amides is 2. The van der Waals surface area contributed by atoms with Gasteiger partial charge in [0.2, 0.25) is 0 Å². The van der Waals surface area contributed by atoms with Gasteiger partial charge in [0.15, 0.2) is 18.1 Å². The Morgan fingerprint density at radius 1 is 1.18 bits per heavy atom. The fourth-order valence-corrected chi connectivity index (χ4v) is 3.30. The number of carbonyl (C=O) groups excluding carboxylic acids is 2. The van der Waals surface area contributed by atoms with Gasteiger partial charge in [-0.25, -0.2) is 0 Å². The van der Waals surface area contributed by atoms with Crippen molar-refractivity contribution in [3.05, 3.63) is 53.1 Å². The Hall–Kier alpha value is -2.93. The van der Waals surface area contributed by atoms with Crippen LogP contribution in [0.3, 0.4) is 0 Å². The lowest BCUT2D eigenvalue weighted by Gasteiger charge is -2.26. The van der Waals surface area contributed by atoms with E-state index in [1.165, 1.54) is 12.7 Å². The van der Waals surface area contributed by atoms with Gasteiger partial charge in [0, 0.05) is 11.3 Å². The van der Waals surface area contributed by atoms with E-state index in [1.54, 1.807) is 18.2 Å². The minimum atomic E-state index is -0.588. The second-order valence-electron chi connectivity index (χ2n) is 6.50. The number of anilines is 1. The molecule has 0 saturated heterocycles. The molecule has 0 spiro atoms. The van der Waals surface area contributed by atoms with Crippen LogP contribution < -0.4 is 26.3 Å². The highest BCUT2D eigenvalue weighted by Gasteiger charge is 2.23. The molecule has 5 N–H and O–H groups in total.